The summed E-state index contributed by atoms with van der Waals surface area (Å²) < 4.78 is 0. The van der Waals surface area contributed by atoms with E-state index in [0.717, 1.165) is 0 Å². The Morgan fingerprint density at radius 1 is 1.13 bits per heavy atom. The normalized spacial score (nSPS) is 12.0. The summed E-state index contributed by atoms with van der Waals surface area (Å²) in [6, 6.07) is 14.8. The molecule has 0 radical (unpaired) electrons. The fourth-order valence-electron chi connectivity index (χ4n) is 1.64. The Morgan fingerprint density at radius 3 is 2.60 bits per heavy atom. The smallest absolute Gasteiger partial charge is 0.0137 e. The van der Waals surface area contributed by atoms with Crippen LogP contribution in [0.25, 0.3) is 16.8 Å². The molecule has 0 atom stereocenters. The molecule has 0 unspecified atom stereocenters. The number of rotatable bonds is 2. The number of fused-ring (bicyclic) bond motifs is 1. The molecule has 76 valence electrons. The maximum absolute atomic E-state index is 5.56. The summed E-state index contributed by atoms with van der Waals surface area (Å²) in [5, 5.41) is 2.55. The molecule has 0 amide bonds. The van der Waals surface area contributed by atoms with Gasteiger partial charge < -0.3 is 5.73 Å². The van der Waals surface area contributed by atoms with Gasteiger partial charge in [0, 0.05) is 6.54 Å². The molecular weight excluding hydrogens is 182 g/mol. The van der Waals surface area contributed by atoms with Crippen molar-refractivity contribution in [3.8, 4) is 0 Å². The van der Waals surface area contributed by atoms with E-state index >= 15 is 0 Å². The van der Waals surface area contributed by atoms with E-state index in [0.29, 0.717) is 6.54 Å². The van der Waals surface area contributed by atoms with Gasteiger partial charge in [-0.3, -0.25) is 0 Å². The van der Waals surface area contributed by atoms with Gasteiger partial charge in [-0.05, 0) is 29.3 Å². The van der Waals surface area contributed by atoms with Gasteiger partial charge in [0.05, 0.1) is 0 Å². The summed E-state index contributed by atoms with van der Waals surface area (Å²) in [6.45, 7) is 2.67. The van der Waals surface area contributed by atoms with Crippen molar-refractivity contribution in [3.05, 3.63) is 53.6 Å². The molecule has 2 rings (SSSR count). The first kappa shape index (κ1) is 9.94. The van der Waals surface area contributed by atoms with Crippen molar-refractivity contribution < 1.29 is 0 Å². The minimum Gasteiger partial charge on any atom is -0.327 e. The minimum atomic E-state index is 0.618. The quantitative estimate of drug-likeness (QED) is 0.786. The monoisotopic (exact) mass is 197 g/mol. The van der Waals surface area contributed by atoms with E-state index in [9.17, 15) is 0 Å². The fraction of sp³-hybridized carbons (Fsp3) is 0.143. The summed E-state index contributed by atoms with van der Waals surface area (Å²) in [4.78, 5) is 0. The summed E-state index contributed by atoms with van der Waals surface area (Å²) in [5.74, 6) is 0. The first-order valence-electron chi connectivity index (χ1n) is 5.15. The lowest BCUT2D eigenvalue weighted by atomic mass is 10.1. The number of benzene rings is 2. The van der Waals surface area contributed by atoms with Crippen LogP contribution in [0.5, 0.6) is 0 Å². The van der Waals surface area contributed by atoms with Crippen molar-refractivity contribution >= 4 is 16.8 Å². The Balaban J connectivity index is 2.47. The second-order valence-electron chi connectivity index (χ2n) is 3.80. The number of hydrogen-bond donors (Lipinski definition) is 1. The van der Waals surface area contributed by atoms with Crippen LogP contribution >= 0.6 is 0 Å². The molecule has 0 aliphatic heterocycles. The van der Waals surface area contributed by atoms with E-state index in [1.807, 2.05) is 0 Å². The number of nitrogens with two attached hydrogens (primary N) is 1. The standard InChI is InChI=1S/C14H15N/c1-11(10-15)8-12-6-7-13-4-2-3-5-14(13)9-12/h2-9H,10,15H2,1H3. The summed E-state index contributed by atoms with van der Waals surface area (Å²) in [6.07, 6.45) is 2.13. The van der Waals surface area contributed by atoms with Gasteiger partial charge >= 0.3 is 0 Å². The molecule has 0 saturated heterocycles. The molecular formula is C14H15N. The van der Waals surface area contributed by atoms with Crippen molar-refractivity contribution in [3.63, 3.8) is 0 Å². The van der Waals surface area contributed by atoms with Gasteiger partial charge in [0.25, 0.3) is 0 Å². The van der Waals surface area contributed by atoms with Gasteiger partial charge in [-0.15, -0.1) is 0 Å². The molecule has 0 saturated carbocycles. The molecule has 15 heavy (non-hydrogen) atoms. The highest BCUT2D eigenvalue weighted by atomic mass is 14.5. The van der Waals surface area contributed by atoms with Gasteiger partial charge in [-0.1, -0.05) is 48.0 Å². The zero-order chi connectivity index (χ0) is 10.7. The molecule has 0 aliphatic carbocycles. The van der Waals surface area contributed by atoms with Gasteiger partial charge in [0.15, 0.2) is 0 Å². The molecule has 2 aromatic carbocycles. The van der Waals surface area contributed by atoms with E-state index in [1.165, 1.54) is 21.9 Å². The Labute approximate surface area is 90.2 Å². The van der Waals surface area contributed by atoms with Crippen LogP contribution in [0.2, 0.25) is 0 Å². The highest BCUT2D eigenvalue weighted by Gasteiger charge is 1.93. The van der Waals surface area contributed by atoms with Crippen LogP contribution in [0, 0.1) is 0 Å². The summed E-state index contributed by atoms with van der Waals surface area (Å²) in [7, 11) is 0. The van der Waals surface area contributed by atoms with Crippen LogP contribution in [0.1, 0.15) is 12.5 Å². The third-order valence-corrected chi connectivity index (χ3v) is 2.51. The van der Waals surface area contributed by atoms with E-state index in [-0.39, 0.29) is 0 Å². The fourth-order valence-corrected chi connectivity index (χ4v) is 1.64. The van der Waals surface area contributed by atoms with Crippen LogP contribution in [0.15, 0.2) is 48.0 Å². The molecule has 0 bridgehead atoms. The topological polar surface area (TPSA) is 26.0 Å². The lowest BCUT2D eigenvalue weighted by molar-refractivity contribution is 1.15. The maximum Gasteiger partial charge on any atom is 0.0137 e. The van der Waals surface area contributed by atoms with Crippen LogP contribution < -0.4 is 5.73 Å². The predicted molar refractivity (Wildman–Crippen MR) is 66.7 cm³/mol. The van der Waals surface area contributed by atoms with E-state index in [1.54, 1.807) is 0 Å². The second kappa shape index (κ2) is 4.28. The molecule has 0 aromatic heterocycles. The maximum atomic E-state index is 5.56. The lowest BCUT2D eigenvalue weighted by Crippen LogP contribution is -1.99. The van der Waals surface area contributed by atoms with Gasteiger partial charge in [0.2, 0.25) is 0 Å². The zero-order valence-corrected chi connectivity index (χ0v) is 8.90. The largest absolute Gasteiger partial charge is 0.327 e. The van der Waals surface area contributed by atoms with Crippen LogP contribution in [-0.2, 0) is 0 Å². The van der Waals surface area contributed by atoms with Crippen LogP contribution in [0.3, 0.4) is 0 Å². The van der Waals surface area contributed by atoms with Gasteiger partial charge in [0.1, 0.15) is 0 Å². The highest BCUT2D eigenvalue weighted by molar-refractivity contribution is 5.84. The third kappa shape index (κ3) is 2.25. The molecule has 0 spiro atoms. The Kier molecular flexibility index (Phi) is 2.84. The van der Waals surface area contributed by atoms with Crippen molar-refractivity contribution in [2.75, 3.05) is 6.54 Å². The molecule has 0 heterocycles. The molecule has 2 aromatic rings. The molecule has 1 nitrogen and oxygen atoms in total. The second-order valence-corrected chi connectivity index (χ2v) is 3.80. The van der Waals surface area contributed by atoms with Crippen molar-refractivity contribution in [1.82, 2.24) is 0 Å². The summed E-state index contributed by atoms with van der Waals surface area (Å²) >= 11 is 0. The first-order valence-corrected chi connectivity index (χ1v) is 5.15. The van der Waals surface area contributed by atoms with Crippen molar-refractivity contribution in [2.45, 2.75) is 6.92 Å². The average Bonchev–Trinajstić information content (AvgIpc) is 2.29. The minimum absolute atomic E-state index is 0.618. The third-order valence-electron chi connectivity index (χ3n) is 2.51. The molecule has 2 N–H and O–H groups in total. The molecule has 1 heteroatoms. The Hall–Kier alpha value is -1.60. The van der Waals surface area contributed by atoms with Crippen molar-refractivity contribution in [2.24, 2.45) is 5.73 Å². The van der Waals surface area contributed by atoms with Crippen LogP contribution in [-0.4, -0.2) is 6.54 Å². The molecule has 0 aliphatic rings. The predicted octanol–water partition coefficient (Wildman–Crippen LogP) is 3.20. The first-order chi connectivity index (χ1) is 7.29. The van der Waals surface area contributed by atoms with Crippen LogP contribution in [0.4, 0.5) is 0 Å². The molecule has 0 fully saturated rings. The zero-order valence-electron chi connectivity index (χ0n) is 8.90. The number of hydrogen-bond acceptors (Lipinski definition) is 1. The van der Waals surface area contributed by atoms with Gasteiger partial charge in [-0.2, -0.15) is 0 Å². The highest BCUT2D eigenvalue weighted by Crippen LogP contribution is 2.17. The SMILES string of the molecule is CC(=Cc1ccc2ccccc2c1)CN. The Morgan fingerprint density at radius 2 is 1.87 bits per heavy atom. The van der Waals surface area contributed by atoms with E-state index < -0.39 is 0 Å². The Bertz CT molecular complexity index is 497. The van der Waals surface area contributed by atoms with Crippen molar-refractivity contribution in [1.29, 1.82) is 0 Å². The van der Waals surface area contributed by atoms with Gasteiger partial charge in [-0.25, -0.2) is 0 Å². The summed E-state index contributed by atoms with van der Waals surface area (Å²) in [5.41, 5.74) is 7.98. The van der Waals surface area contributed by atoms with E-state index in [4.69, 9.17) is 5.73 Å². The lowest BCUT2D eigenvalue weighted by Gasteiger charge is -2.00. The van der Waals surface area contributed by atoms with E-state index in [2.05, 4.69) is 55.5 Å². The average molecular weight is 197 g/mol.